The molecule has 1 aromatic rings. The Balaban J connectivity index is 2.44. The van der Waals surface area contributed by atoms with E-state index >= 15 is 0 Å². The van der Waals surface area contributed by atoms with Crippen LogP contribution in [0, 0.1) is 5.92 Å². The Kier molecular flexibility index (Phi) is 6.02. The predicted octanol–water partition coefficient (Wildman–Crippen LogP) is 0.575. The van der Waals surface area contributed by atoms with Gasteiger partial charge in [0.1, 0.15) is 6.04 Å². The van der Waals surface area contributed by atoms with Crippen molar-refractivity contribution >= 4 is 11.8 Å². The second kappa shape index (κ2) is 7.53. The highest BCUT2D eigenvalue weighted by atomic mass is 16.2. The maximum Gasteiger partial charge on any atom is 0.239 e. The van der Waals surface area contributed by atoms with Crippen LogP contribution in [0.5, 0.6) is 0 Å². The van der Waals surface area contributed by atoms with Crippen LogP contribution in [0.3, 0.4) is 0 Å². The van der Waals surface area contributed by atoms with Gasteiger partial charge in [0.25, 0.3) is 0 Å². The molecule has 2 amide bonds. The van der Waals surface area contributed by atoms with Crippen molar-refractivity contribution in [3.8, 4) is 0 Å². The van der Waals surface area contributed by atoms with Gasteiger partial charge in [-0.3, -0.25) is 9.59 Å². The molecule has 1 rings (SSSR count). The minimum absolute atomic E-state index is 0.00265. The Morgan fingerprint density at radius 2 is 1.79 bits per heavy atom. The molecule has 5 nitrogen and oxygen atoms in total. The second-order valence-corrected chi connectivity index (χ2v) is 4.65. The number of hydrogen-bond donors (Lipinski definition) is 3. The smallest absolute Gasteiger partial charge is 0.239 e. The molecular formula is C14H21N3O2. The first-order chi connectivity index (χ1) is 9.02. The van der Waals surface area contributed by atoms with Crippen molar-refractivity contribution < 1.29 is 9.59 Å². The Morgan fingerprint density at radius 3 is 2.32 bits per heavy atom. The van der Waals surface area contributed by atoms with Crippen molar-refractivity contribution in [3.63, 3.8) is 0 Å². The third-order valence-corrected chi connectivity index (χ3v) is 2.71. The molecule has 0 aliphatic heterocycles. The summed E-state index contributed by atoms with van der Waals surface area (Å²) in [6, 6.07) is 8.74. The van der Waals surface area contributed by atoms with Crippen LogP contribution >= 0.6 is 0 Å². The van der Waals surface area contributed by atoms with Crippen LogP contribution in [0.15, 0.2) is 30.3 Å². The first-order valence-corrected chi connectivity index (χ1v) is 6.37. The number of rotatable bonds is 7. The molecule has 19 heavy (non-hydrogen) atoms. The van der Waals surface area contributed by atoms with Crippen molar-refractivity contribution in [1.29, 1.82) is 0 Å². The van der Waals surface area contributed by atoms with E-state index in [0.29, 0.717) is 13.1 Å². The number of carbonyl (C=O) groups excluding carboxylic acids is 2. The van der Waals surface area contributed by atoms with E-state index in [4.69, 9.17) is 5.73 Å². The zero-order chi connectivity index (χ0) is 14.3. The molecule has 5 heteroatoms. The molecule has 0 heterocycles. The number of hydrogen-bond acceptors (Lipinski definition) is 3. The first-order valence-electron chi connectivity index (χ1n) is 6.37. The van der Waals surface area contributed by atoms with Gasteiger partial charge in [-0.15, -0.1) is 0 Å². The molecule has 0 aliphatic carbocycles. The highest BCUT2D eigenvalue weighted by molar-refractivity contribution is 5.81. The molecule has 1 aromatic carbocycles. The molecule has 0 fully saturated rings. The van der Waals surface area contributed by atoms with Crippen molar-refractivity contribution in [2.75, 3.05) is 13.1 Å². The molecule has 0 unspecified atom stereocenters. The normalized spacial score (nSPS) is 12.2. The lowest BCUT2D eigenvalue weighted by Gasteiger charge is -2.16. The molecule has 0 spiro atoms. The lowest BCUT2D eigenvalue weighted by atomic mass is 10.1. The van der Waals surface area contributed by atoms with Crippen LogP contribution in [-0.2, 0) is 9.59 Å². The molecule has 0 saturated heterocycles. The van der Waals surface area contributed by atoms with Gasteiger partial charge in [0, 0.05) is 19.0 Å². The van der Waals surface area contributed by atoms with Gasteiger partial charge in [-0.1, -0.05) is 44.2 Å². The average molecular weight is 263 g/mol. The molecule has 0 aliphatic rings. The van der Waals surface area contributed by atoms with Crippen LogP contribution < -0.4 is 16.4 Å². The Hall–Kier alpha value is -1.88. The van der Waals surface area contributed by atoms with Crippen LogP contribution in [0.1, 0.15) is 25.5 Å². The number of nitrogens with two attached hydrogens (primary N) is 1. The van der Waals surface area contributed by atoms with Crippen LogP contribution in [-0.4, -0.2) is 24.9 Å². The van der Waals surface area contributed by atoms with E-state index in [1.54, 1.807) is 0 Å². The summed E-state index contributed by atoms with van der Waals surface area (Å²) in [5.41, 5.74) is 6.19. The van der Waals surface area contributed by atoms with Crippen LogP contribution in [0.2, 0.25) is 0 Å². The topological polar surface area (TPSA) is 84.2 Å². The van der Waals surface area contributed by atoms with Gasteiger partial charge in [0.15, 0.2) is 0 Å². The highest BCUT2D eigenvalue weighted by Gasteiger charge is 2.16. The summed E-state index contributed by atoms with van der Waals surface area (Å²) < 4.78 is 0. The summed E-state index contributed by atoms with van der Waals surface area (Å²) in [5, 5.41) is 5.81. The van der Waals surface area contributed by atoms with Crippen LogP contribution in [0.4, 0.5) is 0 Å². The van der Waals surface area contributed by atoms with E-state index in [0.717, 1.165) is 5.56 Å². The summed E-state index contributed by atoms with van der Waals surface area (Å²) in [6.07, 6.45) is 0. The standard InChI is InChI=1S/C14H21N3O2/c1-10(2)14(19)17-9-8-16-12(13(15)18)11-6-4-3-5-7-11/h3-7,10,12,16H,8-9H2,1-2H3,(H2,15,18)(H,17,19)/t12-/m0/s1. The number of benzene rings is 1. The van der Waals surface area contributed by atoms with Gasteiger partial charge < -0.3 is 16.4 Å². The zero-order valence-electron chi connectivity index (χ0n) is 11.3. The maximum absolute atomic E-state index is 11.4. The summed E-state index contributed by atoms with van der Waals surface area (Å²) in [6.45, 7) is 4.62. The lowest BCUT2D eigenvalue weighted by Crippen LogP contribution is -2.39. The Bertz CT molecular complexity index is 418. The van der Waals surface area contributed by atoms with Gasteiger partial charge in [-0.05, 0) is 5.56 Å². The second-order valence-electron chi connectivity index (χ2n) is 4.65. The number of amides is 2. The third-order valence-electron chi connectivity index (χ3n) is 2.71. The summed E-state index contributed by atoms with van der Waals surface area (Å²) >= 11 is 0. The monoisotopic (exact) mass is 263 g/mol. The molecular weight excluding hydrogens is 242 g/mol. The SMILES string of the molecule is CC(C)C(=O)NCCN[C@H](C(N)=O)c1ccccc1. The van der Waals surface area contributed by atoms with E-state index < -0.39 is 11.9 Å². The average Bonchev–Trinajstić information content (AvgIpc) is 2.38. The van der Waals surface area contributed by atoms with Crippen LogP contribution in [0.25, 0.3) is 0 Å². The minimum Gasteiger partial charge on any atom is -0.368 e. The quantitative estimate of drug-likeness (QED) is 0.629. The van der Waals surface area contributed by atoms with Gasteiger partial charge in [-0.25, -0.2) is 0 Å². The number of primary amides is 1. The summed E-state index contributed by atoms with van der Waals surface area (Å²) in [4.78, 5) is 22.8. The molecule has 0 saturated carbocycles. The van der Waals surface area contributed by atoms with Gasteiger partial charge >= 0.3 is 0 Å². The van der Waals surface area contributed by atoms with Crippen molar-refractivity contribution in [1.82, 2.24) is 10.6 Å². The van der Waals surface area contributed by atoms with E-state index in [1.165, 1.54) is 0 Å². The predicted molar refractivity (Wildman–Crippen MR) is 74.2 cm³/mol. The van der Waals surface area contributed by atoms with Gasteiger partial charge in [0.2, 0.25) is 11.8 Å². The van der Waals surface area contributed by atoms with E-state index in [-0.39, 0.29) is 11.8 Å². The fourth-order valence-corrected chi connectivity index (χ4v) is 1.63. The fraction of sp³-hybridized carbons (Fsp3) is 0.429. The fourth-order valence-electron chi connectivity index (χ4n) is 1.63. The van der Waals surface area contributed by atoms with Crippen molar-refractivity contribution in [2.24, 2.45) is 11.7 Å². The maximum atomic E-state index is 11.4. The largest absolute Gasteiger partial charge is 0.368 e. The molecule has 0 radical (unpaired) electrons. The third kappa shape index (κ3) is 5.09. The Labute approximate surface area is 113 Å². The Morgan fingerprint density at radius 1 is 1.16 bits per heavy atom. The number of carbonyl (C=O) groups is 2. The summed E-state index contributed by atoms with van der Waals surface area (Å²) in [5.74, 6) is -0.473. The van der Waals surface area contributed by atoms with Gasteiger partial charge in [0.05, 0.1) is 0 Å². The molecule has 104 valence electrons. The lowest BCUT2D eigenvalue weighted by molar-refractivity contribution is -0.123. The number of nitrogens with one attached hydrogen (secondary N) is 2. The molecule has 0 aromatic heterocycles. The van der Waals surface area contributed by atoms with Crippen molar-refractivity contribution in [2.45, 2.75) is 19.9 Å². The van der Waals surface area contributed by atoms with E-state index in [9.17, 15) is 9.59 Å². The first kappa shape index (κ1) is 15.2. The molecule has 0 bridgehead atoms. The van der Waals surface area contributed by atoms with Crippen molar-refractivity contribution in [3.05, 3.63) is 35.9 Å². The highest BCUT2D eigenvalue weighted by Crippen LogP contribution is 2.11. The zero-order valence-corrected chi connectivity index (χ0v) is 11.3. The summed E-state index contributed by atoms with van der Waals surface area (Å²) in [7, 11) is 0. The minimum atomic E-state index is -0.530. The van der Waals surface area contributed by atoms with E-state index in [1.807, 2.05) is 44.2 Å². The van der Waals surface area contributed by atoms with Gasteiger partial charge in [-0.2, -0.15) is 0 Å². The molecule has 4 N–H and O–H groups in total. The van der Waals surface area contributed by atoms with E-state index in [2.05, 4.69) is 10.6 Å². The molecule has 1 atom stereocenters.